The van der Waals surface area contributed by atoms with Gasteiger partial charge in [0.1, 0.15) is 17.2 Å². The van der Waals surface area contributed by atoms with Crippen LogP contribution in [-0.2, 0) is 22.4 Å². The van der Waals surface area contributed by atoms with Gasteiger partial charge in [0.05, 0.1) is 19.3 Å². The SMILES string of the molecule is COC(=O)Nc1cccc(CNCC(O)[C@H](Cc2cc(F)cc(F)c2)NC(=O)OC(C)(C)C)c1. The number of aliphatic hydroxyl groups is 1. The van der Waals surface area contributed by atoms with Crippen LogP contribution in [0.1, 0.15) is 31.9 Å². The number of anilines is 1. The number of benzene rings is 2. The van der Waals surface area contributed by atoms with Crippen LogP contribution in [0.4, 0.5) is 24.1 Å². The topological polar surface area (TPSA) is 109 Å². The Labute approximate surface area is 197 Å². The molecule has 8 nitrogen and oxygen atoms in total. The third-order valence-corrected chi connectivity index (χ3v) is 4.59. The molecule has 186 valence electrons. The predicted octanol–water partition coefficient (Wildman–Crippen LogP) is 3.73. The molecule has 0 heterocycles. The molecule has 0 spiro atoms. The lowest BCUT2D eigenvalue weighted by Crippen LogP contribution is -2.49. The normalized spacial score (nSPS) is 13.0. The van der Waals surface area contributed by atoms with Crippen LogP contribution in [0.2, 0.25) is 0 Å². The second-order valence-corrected chi connectivity index (χ2v) is 8.75. The molecule has 2 amide bonds. The van der Waals surface area contributed by atoms with Gasteiger partial charge in [-0.25, -0.2) is 18.4 Å². The number of rotatable bonds is 9. The Morgan fingerprint density at radius 2 is 1.71 bits per heavy atom. The van der Waals surface area contributed by atoms with Crippen LogP contribution in [0.5, 0.6) is 0 Å². The summed E-state index contributed by atoms with van der Waals surface area (Å²) in [4.78, 5) is 23.6. The lowest BCUT2D eigenvalue weighted by atomic mass is 10.0. The number of amides is 2. The summed E-state index contributed by atoms with van der Waals surface area (Å²) in [6.45, 7) is 5.51. The second kappa shape index (κ2) is 12.3. The van der Waals surface area contributed by atoms with E-state index in [4.69, 9.17) is 4.74 Å². The first kappa shape index (κ1) is 27.0. The van der Waals surface area contributed by atoms with E-state index < -0.39 is 41.6 Å². The Kier molecular flexibility index (Phi) is 9.76. The van der Waals surface area contributed by atoms with Crippen LogP contribution in [0.3, 0.4) is 0 Å². The third-order valence-electron chi connectivity index (χ3n) is 4.59. The summed E-state index contributed by atoms with van der Waals surface area (Å²) < 4.78 is 37.1. The van der Waals surface area contributed by atoms with Crippen LogP contribution in [0.15, 0.2) is 42.5 Å². The van der Waals surface area contributed by atoms with E-state index in [1.165, 1.54) is 7.11 Å². The molecule has 2 rings (SSSR count). The number of halogens is 2. The Morgan fingerprint density at radius 3 is 2.32 bits per heavy atom. The minimum atomic E-state index is -1.10. The zero-order valence-corrected chi connectivity index (χ0v) is 19.7. The van der Waals surface area contributed by atoms with Crippen molar-refractivity contribution < 1.29 is 33.0 Å². The molecule has 0 aliphatic rings. The maximum atomic E-state index is 13.6. The van der Waals surface area contributed by atoms with Crippen LogP contribution in [-0.4, -0.2) is 48.7 Å². The number of ether oxygens (including phenoxy) is 2. The average Bonchev–Trinajstić information content (AvgIpc) is 2.71. The van der Waals surface area contributed by atoms with E-state index in [1.54, 1.807) is 39.0 Å². The molecule has 10 heteroatoms. The summed E-state index contributed by atoms with van der Waals surface area (Å²) in [5.74, 6) is -1.50. The minimum Gasteiger partial charge on any atom is -0.453 e. The van der Waals surface area contributed by atoms with Gasteiger partial charge in [-0.05, 0) is 62.6 Å². The highest BCUT2D eigenvalue weighted by Crippen LogP contribution is 2.14. The number of alkyl carbamates (subject to hydrolysis) is 1. The van der Waals surface area contributed by atoms with Gasteiger partial charge in [-0.15, -0.1) is 0 Å². The van der Waals surface area contributed by atoms with Crippen molar-refractivity contribution in [2.45, 2.75) is 51.5 Å². The Bertz CT molecular complexity index is 961. The zero-order chi connectivity index (χ0) is 25.3. The zero-order valence-electron chi connectivity index (χ0n) is 19.7. The molecule has 2 atom stereocenters. The van der Waals surface area contributed by atoms with E-state index in [-0.39, 0.29) is 18.5 Å². The molecule has 0 aliphatic carbocycles. The third kappa shape index (κ3) is 9.72. The fourth-order valence-electron chi connectivity index (χ4n) is 3.16. The van der Waals surface area contributed by atoms with Gasteiger partial charge >= 0.3 is 12.2 Å². The fraction of sp³-hybridized carbons (Fsp3) is 0.417. The maximum absolute atomic E-state index is 13.6. The molecule has 0 aliphatic heterocycles. The van der Waals surface area contributed by atoms with E-state index >= 15 is 0 Å². The number of hydrogen-bond acceptors (Lipinski definition) is 6. The molecular weight excluding hydrogens is 448 g/mol. The standard InChI is InChI=1S/C24H31F2N3O5/c1-24(2,3)34-23(32)29-20(11-16-8-17(25)12-18(26)9-16)21(30)14-27-13-15-6-5-7-19(10-15)28-22(31)33-4/h5-10,12,20-21,27,30H,11,13-14H2,1-4H3,(H,28,31)(H,29,32)/t20-,21?/m0/s1. The van der Waals surface area contributed by atoms with Gasteiger partial charge in [0.15, 0.2) is 0 Å². The molecule has 4 N–H and O–H groups in total. The summed E-state index contributed by atoms with van der Waals surface area (Å²) in [7, 11) is 1.27. The minimum absolute atomic E-state index is 0.0185. The van der Waals surface area contributed by atoms with Crippen molar-refractivity contribution in [3.05, 3.63) is 65.2 Å². The molecule has 0 saturated heterocycles. The Balaban J connectivity index is 2.04. The van der Waals surface area contributed by atoms with Crippen LogP contribution in [0, 0.1) is 11.6 Å². The van der Waals surface area contributed by atoms with E-state index in [2.05, 4.69) is 20.7 Å². The summed E-state index contributed by atoms with van der Waals surface area (Å²) in [5, 5.41) is 19.0. The van der Waals surface area contributed by atoms with Crippen molar-refractivity contribution in [1.29, 1.82) is 0 Å². The van der Waals surface area contributed by atoms with Crippen molar-refractivity contribution in [3.8, 4) is 0 Å². The quantitative estimate of drug-likeness (QED) is 0.437. The van der Waals surface area contributed by atoms with E-state index in [0.717, 1.165) is 23.8 Å². The van der Waals surface area contributed by atoms with Gasteiger partial charge in [-0.2, -0.15) is 0 Å². The number of carbonyl (C=O) groups excluding carboxylic acids is 2. The molecule has 0 radical (unpaired) electrons. The summed E-state index contributed by atoms with van der Waals surface area (Å²) in [5.41, 5.74) is 0.889. The highest BCUT2D eigenvalue weighted by molar-refractivity contribution is 5.84. The second-order valence-electron chi connectivity index (χ2n) is 8.75. The van der Waals surface area contributed by atoms with Gasteiger partial charge in [-0.1, -0.05) is 12.1 Å². The van der Waals surface area contributed by atoms with Gasteiger partial charge in [-0.3, -0.25) is 5.32 Å². The summed E-state index contributed by atoms with van der Waals surface area (Å²) >= 11 is 0. The summed E-state index contributed by atoms with van der Waals surface area (Å²) in [6, 6.07) is 9.19. The molecule has 2 aromatic rings. The smallest absolute Gasteiger partial charge is 0.411 e. The molecular formula is C24H31F2N3O5. The molecule has 1 unspecified atom stereocenters. The number of carbonyl (C=O) groups is 2. The maximum Gasteiger partial charge on any atom is 0.411 e. The van der Waals surface area contributed by atoms with E-state index in [1.807, 2.05) is 6.07 Å². The van der Waals surface area contributed by atoms with Crippen LogP contribution in [0.25, 0.3) is 0 Å². The number of hydrogen-bond donors (Lipinski definition) is 4. The highest BCUT2D eigenvalue weighted by Gasteiger charge is 2.25. The van der Waals surface area contributed by atoms with Crippen molar-refractivity contribution in [2.75, 3.05) is 19.0 Å². The number of methoxy groups -OCH3 is 1. The van der Waals surface area contributed by atoms with Crippen molar-refractivity contribution in [3.63, 3.8) is 0 Å². The number of nitrogens with one attached hydrogen (secondary N) is 3. The lowest BCUT2D eigenvalue weighted by molar-refractivity contribution is 0.0422. The van der Waals surface area contributed by atoms with E-state index in [0.29, 0.717) is 12.2 Å². The number of aliphatic hydroxyl groups excluding tert-OH is 1. The van der Waals surface area contributed by atoms with Gasteiger partial charge in [0, 0.05) is 24.8 Å². The lowest BCUT2D eigenvalue weighted by Gasteiger charge is -2.27. The molecule has 34 heavy (non-hydrogen) atoms. The monoisotopic (exact) mass is 479 g/mol. The molecule has 0 aromatic heterocycles. The van der Waals surface area contributed by atoms with Crippen molar-refractivity contribution in [1.82, 2.24) is 10.6 Å². The highest BCUT2D eigenvalue weighted by atomic mass is 19.1. The predicted molar refractivity (Wildman–Crippen MR) is 123 cm³/mol. The van der Waals surface area contributed by atoms with Gasteiger partial charge in [0.25, 0.3) is 0 Å². The summed E-state index contributed by atoms with van der Waals surface area (Å²) in [6.07, 6.45) is -2.47. The first-order chi connectivity index (χ1) is 15.9. The Hall–Kier alpha value is -3.24. The largest absolute Gasteiger partial charge is 0.453 e. The Morgan fingerprint density at radius 1 is 1.03 bits per heavy atom. The molecule has 0 saturated carbocycles. The fourth-order valence-corrected chi connectivity index (χ4v) is 3.16. The van der Waals surface area contributed by atoms with Crippen molar-refractivity contribution in [2.24, 2.45) is 0 Å². The van der Waals surface area contributed by atoms with Crippen LogP contribution >= 0.6 is 0 Å². The van der Waals surface area contributed by atoms with Crippen molar-refractivity contribution >= 4 is 17.9 Å². The van der Waals surface area contributed by atoms with Crippen LogP contribution < -0.4 is 16.0 Å². The molecule has 2 aromatic carbocycles. The molecule has 0 bridgehead atoms. The first-order valence-corrected chi connectivity index (χ1v) is 10.7. The first-order valence-electron chi connectivity index (χ1n) is 10.7. The average molecular weight is 480 g/mol. The van der Waals surface area contributed by atoms with Gasteiger partial charge in [0.2, 0.25) is 0 Å². The molecule has 0 fully saturated rings. The van der Waals surface area contributed by atoms with E-state index in [9.17, 15) is 23.5 Å². The van der Waals surface area contributed by atoms with Gasteiger partial charge < -0.3 is 25.2 Å².